The predicted molar refractivity (Wildman–Crippen MR) is 105 cm³/mol. The van der Waals surface area contributed by atoms with Crippen molar-refractivity contribution >= 4 is 11.5 Å². The minimum atomic E-state index is -0.267. The number of hydrogen-bond donors (Lipinski definition) is 3. The molecule has 0 amide bonds. The quantitative estimate of drug-likeness (QED) is 0.602. The molecule has 0 radical (unpaired) electrons. The third kappa shape index (κ3) is 3.39. The Kier molecular flexibility index (Phi) is 4.55. The maximum Gasteiger partial charge on any atom is 0.293 e. The number of piperidine rings is 1. The van der Waals surface area contributed by atoms with Gasteiger partial charge in [-0.2, -0.15) is 10.2 Å². The lowest BCUT2D eigenvalue weighted by Crippen LogP contribution is -2.37. The summed E-state index contributed by atoms with van der Waals surface area (Å²) in [5, 5.41) is 11.4. The van der Waals surface area contributed by atoms with Crippen LogP contribution in [0.4, 0.5) is 11.5 Å². The molecule has 8 nitrogen and oxygen atoms in total. The van der Waals surface area contributed by atoms with Crippen LogP contribution >= 0.6 is 0 Å². The van der Waals surface area contributed by atoms with Gasteiger partial charge in [-0.25, -0.2) is 4.98 Å². The average Bonchev–Trinajstić information content (AvgIpc) is 2.72. The molecular weight excluding hydrogens is 342 g/mol. The number of nitrogen functional groups attached to an aromatic ring is 2. The molecule has 1 aromatic carbocycles. The average molecular weight is 363 g/mol. The summed E-state index contributed by atoms with van der Waals surface area (Å²) in [5.74, 6) is -0.0256. The molecular formula is C19H21N7O. The van der Waals surface area contributed by atoms with Gasteiger partial charge in [0.05, 0.1) is 11.4 Å². The van der Waals surface area contributed by atoms with Gasteiger partial charge in [0.2, 0.25) is 0 Å². The van der Waals surface area contributed by atoms with E-state index < -0.39 is 0 Å². The van der Waals surface area contributed by atoms with Crippen molar-refractivity contribution in [2.24, 2.45) is 0 Å². The standard InChI is InChI=1S/C19H21N7O/c20-15-6-5-12(16-4-2-8-23-25-16)9-14(15)17-11-26(19(27)18(21)24-17)13-3-1-7-22-10-13/h2,4-6,8-9,11,13,22H,1,3,7,10,20H2,(H2,21,24). The molecule has 4 rings (SSSR count). The van der Waals surface area contributed by atoms with Gasteiger partial charge in [-0.1, -0.05) is 6.07 Å². The zero-order valence-corrected chi connectivity index (χ0v) is 14.8. The largest absolute Gasteiger partial charge is 0.398 e. The van der Waals surface area contributed by atoms with Crippen molar-refractivity contribution in [2.75, 3.05) is 24.6 Å². The van der Waals surface area contributed by atoms with E-state index in [1.807, 2.05) is 24.3 Å². The monoisotopic (exact) mass is 363 g/mol. The summed E-state index contributed by atoms with van der Waals surface area (Å²) >= 11 is 0. The van der Waals surface area contributed by atoms with Gasteiger partial charge in [0.25, 0.3) is 5.56 Å². The number of nitrogens with zero attached hydrogens (tertiary/aromatic N) is 4. The third-order valence-corrected chi connectivity index (χ3v) is 4.82. The Morgan fingerprint density at radius 3 is 2.81 bits per heavy atom. The lowest BCUT2D eigenvalue weighted by Gasteiger charge is -2.25. The summed E-state index contributed by atoms with van der Waals surface area (Å²) in [6, 6.07) is 9.33. The van der Waals surface area contributed by atoms with Crippen molar-refractivity contribution in [1.29, 1.82) is 0 Å². The van der Waals surface area contributed by atoms with Crippen molar-refractivity contribution in [1.82, 2.24) is 25.1 Å². The van der Waals surface area contributed by atoms with Gasteiger partial charge in [0.1, 0.15) is 0 Å². The first-order chi connectivity index (χ1) is 13.1. The molecule has 3 aromatic rings. The third-order valence-electron chi connectivity index (χ3n) is 4.82. The number of benzene rings is 1. The van der Waals surface area contributed by atoms with Crippen LogP contribution in [0, 0.1) is 0 Å². The highest BCUT2D eigenvalue weighted by atomic mass is 16.1. The first-order valence-electron chi connectivity index (χ1n) is 8.91. The number of hydrogen-bond acceptors (Lipinski definition) is 7. The molecule has 1 unspecified atom stereocenters. The molecule has 8 heteroatoms. The van der Waals surface area contributed by atoms with Crippen LogP contribution in [0.5, 0.6) is 0 Å². The molecule has 1 aliphatic rings. The lowest BCUT2D eigenvalue weighted by atomic mass is 10.0. The van der Waals surface area contributed by atoms with Gasteiger partial charge >= 0.3 is 0 Å². The van der Waals surface area contributed by atoms with Gasteiger partial charge in [0.15, 0.2) is 5.82 Å². The summed E-state index contributed by atoms with van der Waals surface area (Å²) in [7, 11) is 0. The number of nitrogens with two attached hydrogens (primary N) is 2. The summed E-state index contributed by atoms with van der Waals surface area (Å²) in [6.45, 7) is 1.70. The van der Waals surface area contributed by atoms with E-state index in [1.165, 1.54) is 0 Å². The maximum absolute atomic E-state index is 12.5. The highest BCUT2D eigenvalue weighted by Gasteiger charge is 2.19. The Morgan fingerprint density at radius 1 is 1.19 bits per heavy atom. The second-order valence-corrected chi connectivity index (χ2v) is 6.63. The van der Waals surface area contributed by atoms with E-state index in [-0.39, 0.29) is 17.4 Å². The van der Waals surface area contributed by atoms with E-state index in [9.17, 15) is 4.79 Å². The summed E-state index contributed by atoms with van der Waals surface area (Å²) in [6.07, 6.45) is 5.31. The molecule has 1 fully saturated rings. The Hall–Kier alpha value is -3.26. The fourth-order valence-electron chi connectivity index (χ4n) is 3.39. The van der Waals surface area contributed by atoms with Crippen molar-refractivity contribution in [3.63, 3.8) is 0 Å². The number of aromatic nitrogens is 4. The van der Waals surface area contributed by atoms with E-state index in [1.54, 1.807) is 23.0 Å². The van der Waals surface area contributed by atoms with E-state index in [2.05, 4.69) is 20.5 Å². The highest BCUT2D eigenvalue weighted by molar-refractivity contribution is 5.79. The summed E-state index contributed by atoms with van der Waals surface area (Å²) in [5.41, 5.74) is 15.3. The molecule has 1 saturated heterocycles. The van der Waals surface area contributed by atoms with Crippen LogP contribution in [-0.4, -0.2) is 32.8 Å². The van der Waals surface area contributed by atoms with Gasteiger partial charge in [-0.3, -0.25) is 4.79 Å². The van der Waals surface area contributed by atoms with Crippen molar-refractivity contribution in [3.8, 4) is 22.5 Å². The van der Waals surface area contributed by atoms with Crippen LogP contribution in [-0.2, 0) is 0 Å². The molecule has 2 aromatic heterocycles. The first kappa shape index (κ1) is 17.2. The molecule has 0 spiro atoms. The molecule has 0 aliphatic carbocycles. The molecule has 1 atom stereocenters. The van der Waals surface area contributed by atoms with Crippen molar-refractivity contribution in [2.45, 2.75) is 18.9 Å². The van der Waals surface area contributed by atoms with Crippen LogP contribution in [0.15, 0.2) is 47.5 Å². The first-order valence-corrected chi connectivity index (χ1v) is 8.91. The van der Waals surface area contributed by atoms with Crippen LogP contribution < -0.4 is 22.3 Å². The minimum absolute atomic E-state index is 0.0256. The normalized spacial score (nSPS) is 17.0. The second kappa shape index (κ2) is 7.16. The predicted octanol–water partition coefficient (Wildman–Crippen LogP) is 1.46. The SMILES string of the molecule is Nc1ccc(-c2cccnn2)cc1-c1cn(C2CCCNC2)c(=O)c(N)n1. The van der Waals surface area contributed by atoms with Gasteiger partial charge in [-0.05, 0) is 43.7 Å². The molecule has 3 heterocycles. The topological polar surface area (TPSA) is 125 Å². The summed E-state index contributed by atoms with van der Waals surface area (Å²) < 4.78 is 1.68. The fourth-order valence-corrected chi connectivity index (χ4v) is 3.39. The van der Waals surface area contributed by atoms with Crippen LogP contribution in [0.1, 0.15) is 18.9 Å². The Labute approximate surface area is 156 Å². The second-order valence-electron chi connectivity index (χ2n) is 6.63. The van der Waals surface area contributed by atoms with E-state index in [4.69, 9.17) is 11.5 Å². The summed E-state index contributed by atoms with van der Waals surface area (Å²) in [4.78, 5) is 16.8. The Morgan fingerprint density at radius 2 is 2.07 bits per heavy atom. The molecule has 0 bridgehead atoms. The van der Waals surface area contributed by atoms with Gasteiger partial charge in [0, 0.05) is 41.8 Å². The number of rotatable bonds is 3. The zero-order chi connectivity index (χ0) is 18.8. The van der Waals surface area contributed by atoms with Crippen LogP contribution in [0.3, 0.4) is 0 Å². The number of anilines is 2. The lowest BCUT2D eigenvalue weighted by molar-refractivity contribution is 0.364. The van der Waals surface area contributed by atoms with E-state index >= 15 is 0 Å². The van der Waals surface area contributed by atoms with Gasteiger partial charge in [-0.15, -0.1) is 0 Å². The fraction of sp³-hybridized carbons (Fsp3) is 0.263. The Bertz CT molecular complexity index is 1010. The molecule has 5 N–H and O–H groups in total. The molecule has 0 saturated carbocycles. The van der Waals surface area contributed by atoms with Crippen molar-refractivity contribution < 1.29 is 0 Å². The van der Waals surface area contributed by atoms with Crippen LogP contribution in [0.2, 0.25) is 0 Å². The Balaban J connectivity index is 1.81. The van der Waals surface area contributed by atoms with Crippen LogP contribution in [0.25, 0.3) is 22.5 Å². The smallest absolute Gasteiger partial charge is 0.293 e. The number of nitrogens with one attached hydrogen (secondary N) is 1. The molecule has 138 valence electrons. The van der Waals surface area contributed by atoms with Crippen molar-refractivity contribution in [3.05, 3.63) is 53.1 Å². The maximum atomic E-state index is 12.5. The van der Waals surface area contributed by atoms with Gasteiger partial charge < -0.3 is 21.4 Å². The van der Waals surface area contributed by atoms with E-state index in [0.29, 0.717) is 16.9 Å². The molecule has 27 heavy (non-hydrogen) atoms. The highest BCUT2D eigenvalue weighted by Crippen LogP contribution is 2.30. The minimum Gasteiger partial charge on any atom is -0.398 e. The molecule has 1 aliphatic heterocycles. The van der Waals surface area contributed by atoms with E-state index in [0.717, 1.165) is 37.2 Å². The zero-order valence-electron chi connectivity index (χ0n) is 14.8.